The second kappa shape index (κ2) is 11.2. The predicted octanol–water partition coefficient (Wildman–Crippen LogP) is 3.92. The summed E-state index contributed by atoms with van der Waals surface area (Å²) in [6.45, 7) is 3.63. The molecule has 0 bridgehead atoms. The van der Waals surface area contributed by atoms with Gasteiger partial charge in [0.05, 0.1) is 28.7 Å². The Bertz CT molecular complexity index is 1860. The number of nitrogens with zero attached hydrogens (tertiary/aromatic N) is 5. The van der Waals surface area contributed by atoms with Crippen LogP contribution in [0.15, 0.2) is 66.9 Å². The lowest BCUT2D eigenvalue weighted by Gasteiger charge is -2.36. The molecular weight excluding hydrogens is 559 g/mol. The monoisotopic (exact) mass is 588 g/mol. The van der Waals surface area contributed by atoms with E-state index in [0.717, 1.165) is 40.7 Å². The summed E-state index contributed by atoms with van der Waals surface area (Å²) in [5.41, 5.74) is 5.18. The van der Waals surface area contributed by atoms with Crippen molar-refractivity contribution in [1.82, 2.24) is 15.2 Å². The number of carbonyl (C=O) groups is 3. The highest BCUT2D eigenvalue weighted by Gasteiger charge is 2.40. The number of aromatic nitrogens is 1. The average Bonchev–Trinajstić information content (AvgIpc) is 3.32. The molecule has 0 aliphatic carbocycles. The Balaban J connectivity index is 1.03. The van der Waals surface area contributed by atoms with E-state index in [2.05, 4.69) is 16.3 Å². The number of amides is 3. The van der Waals surface area contributed by atoms with Crippen molar-refractivity contribution in [2.75, 3.05) is 36.0 Å². The normalized spacial score (nSPS) is 18.5. The van der Waals surface area contributed by atoms with Crippen LogP contribution in [0.1, 0.15) is 45.6 Å². The number of halogens is 1. The highest BCUT2D eigenvalue weighted by atomic mass is 19.1. The molecule has 3 amide bonds. The summed E-state index contributed by atoms with van der Waals surface area (Å²) in [7, 11) is 0. The second-order valence-electron chi connectivity index (χ2n) is 11.5. The number of carbonyl (C=O) groups excluding carboxylic acids is 3. The van der Waals surface area contributed by atoms with Gasteiger partial charge < -0.3 is 4.90 Å². The maximum Gasteiger partial charge on any atom is 0.259 e. The second-order valence-corrected chi connectivity index (χ2v) is 11.5. The summed E-state index contributed by atoms with van der Waals surface area (Å²) in [6, 6.07) is 19.6. The zero-order valence-electron chi connectivity index (χ0n) is 23.9. The lowest BCUT2D eigenvalue weighted by atomic mass is 9.96. The van der Waals surface area contributed by atoms with E-state index in [9.17, 15) is 18.8 Å². The SMILES string of the molecule is N#Cc1ccc(N2CCN(Cc3ccc(Cc4ccc5c6c(cccc46)C(=O)N5C4CCC(=O)NC4=O)cn3)CC2)c(F)c1. The van der Waals surface area contributed by atoms with Gasteiger partial charge in [-0.15, -0.1) is 0 Å². The highest BCUT2D eigenvalue weighted by molar-refractivity contribution is 6.27. The van der Waals surface area contributed by atoms with Gasteiger partial charge in [-0.3, -0.25) is 34.5 Å². The molecule has 4 aromatic rings. The van der Waals surface area contributed by atoms with Crippen LogP contribution in [-0.2, 0) is 22.6 Å². The van der Waals surface area contributed by atoms with Crippen LogP contribution in [0.5, 0.6) is 0 Å². The number of pyridine rings is 1. The van der Waals surface area contributed by atoms with E-state index in [1.807, 2.05) is 47.5 Å². The van der Waals surface area contributed by atoms with Crippen molar-refractivity contribution in [3.8, 4) is 6.07 Å². The highest BCUT2D eigenvalue weighted by Crippen LogP contribution is 2.41. The van der Waals surface area contributed by atoms with E-state index in [-0.39, 0.29) is 24.1 Å². The lowest BCUT2D eigenvalue weighted by molar-refractivity contribution is -0.134. The van der Waals surface area contributed by atoms with Crippen molar-refractivity contribution < 1.29 is 18.8 Å². The zero-order valence-corrected chi connectivity index (χ0v) is 23.9. The molecule has 9 nitrogen and oxygen atoms in total. The van der Waals surface area contributed by atoms with E-state index in [1.54, 1.807) is 23.1 Å². The number of imide groups is 1. The first-order valence-corrected chi connectivity index (χ1v) is 14.7. The van der Waals surface area contributed by atoms with Gasteiger partial charge in [0.15, 0.2) is 0 Å². The molecule has 2 fully saturated rings. The molecule has 3 aliphatic heterocycles. The number of nitrogens with one attached hydrogen (secondary N) is 1. The van der Waals surface area contributed by atoms with Crippen molar-refractivity contribution in [3.05, 3.63) is 101 Å². The van der Waals surface area contributed by atoms with Crippen molar-refractivity contribution in [2.45, 2.75) is 31.8 Å². The number of nitriles is 1. The first-order valence-electron chi connectivity index (χ1n) is 14.7. The van der Waals surface area contributed by atoms with Gasteiger partial charge in [0.25, 0.3) is 5.91 Å². The van der Waals surface area contributed by atoms with Crippen LogP contribution >= 0.6 is 0 Å². The summed E-state index contributed by atoms with van der Waals surface area (Å²) in [4.78, 5) is 48.3. The molecule has 0 radical (unpaired) electrons. The van der Waals surface area contributed by atoms with Crippen LogP contribution in [0.4, 0.5) is 15.8 Å². The van der Waals surface area contributed by atoms with Gasteiger partial charge in [-0.05, 0) is 65.8 Å². The number of piperidine rings is 1. The van der Waals surface area contributed by atoms with Crippen LogP contribution in [-0.4, -0.2) is 59.8 Å². The average molecular weight is 589 g/mol. The lowest BCUT2D eigenvalue weighted by Crippen LogP contribution is -2.53. The fourth-order valence-electron chi connectivity index (χ4n) is 6.54. The van der Waals surface area contributed by atoms with Gasteiger partial charge in [-0.2, -0.15) is 5.26 Å². The molecular formula is C34H29FN6O3. The van der Waals surface area contributed by atoms with Crippen LogP contribution in [0.25, 0.3) is 10.8 Å². The molecule has 1 N–H and O–H groups in total. The molecule has 1 unspecified atom stereocenters. The van der Waals surface area contributed by atoms with E-state index in [0.29, 0.717) is 55.0 Å². The molecule has 0 saturated carbocycles. The van der Waals surface area contributed by atoms with Gasteiger partial charge in [-0.1, -0.05) is 24.3 Å². The minimum Gasteiger partial charge on any atom is -0.367 e. The van der Waals surface area contributed by atoms with Crippen molar-refractivity contribution in [3.63, 3.8) is 0 Å². The van der Waals surface area contributed by atoms with Crippen LogP contribution in [0.2, 0.25) is 0 Å². The third-order valence-corrected chi connectivity index (χ3v) is 8.80. The molecule has 1 atom stereocenters. The Kier molecular flexibility index (Phi) is 7.03. The fraction of sp³-hybridized carbons (Fsp3) is 0.265. The first kappa shape index (κ1) is 27.7. The number of hydrogen-bond donors (Lipinski definition) is 1. The van der Waals surface area contributed by atoms with Gasteiger partial charge in [0.2, 0.25) is 11.8 Å². The summed E-state index contributed by atoms with van der Waals surface area (Å²) in [5, 5.41) is 13.2. The fourth-order valence-corrected chi connectivity index (χ4v) is 6.54. The van der Waals surface area contributed by atoms with E-state index >= 15 is 0 Å². The zero-order chi connectivity index (χ0) is 30.4. The first-order chi connectivity index (χ1) is 21.4. The third kappa shape index (κ3) is 4.95. The molecule has 4 heterocycles. The van der Waals surface area contributed by atoms with Gasteiger partial charge >= 0.3 is 0 Å². The van der Waals surface area contributed by atoms with Crippen molar-refractivity contribution >= 4 is 39.9 Å². The minimum absolute atomic E-state index is 0.204. The molecule has 1 aromatic heterocycles. The Morgan fingerprint density at radius 2 is 1.80 bits per heavy atom. The number of piperazine rings is 1. The Labute approximate surface area is 253 Å². The quantitative estimate of drug-likeness (QED) is 0.340. The molecule has 3 aromatic carbocycles. The summed E-state index contributed by atoms with van der Waals surface area (Å²) < 4.78 is 14.5. The molecule has 3 aliphatic rings. The van der Waals surface area contributed by atoms with Gasteiger partial charge in [0.1, 0.15) is 11.9 Å². The maximum atomic E-state index is 14.5. The minimum atomic E-state index is -0.710. The number of anilines is 2. The van der Waals surface area contributed by atoms with E-state index < -0.39 is 11.9 Å². The van der Waals surface area contributed by atoms with Crippen LogP contribution < -0.4 is 15.1 Å². The molecule has 0 spiro atoms. The topological polar surface area (TPSA) is 110 Å². The summed E-state index contributed by atoms with van der Waals surface area (Å²) in [5.74, 6) is -1.33. The third-order valence-electron chi connectivity index (χ3n) is 8.80. The summed E-state index contributed by atoms with van der Waals surface area (Å²) >= 11 is 0. The number of hydrogen-bond acceptors (Lipinski definition) is 7. The number of benzene rings is 3. The Morgan fingerprint density at radius 1 is 0.977 bits per heavy atom. The molecule has 44 heavy (non-hydrogen) atoms. The Morgan fingerprint density at radius 3 is 2.52 bits per heavy atom. The molecule has 220 valence electrons. The largest absolute Gasteiger partial charge is 0.367 e. The Hall–Kier alpha value is -5.14. The standard InChI is InChI=1S/C34H29FN6O3/c35-27-17-21(18-36)5-8-28(27)40-14-12-39(13-15-40)20-24-7-4-22(19-37-24)16-23-6-9-29-32-25(23)2-1-3-26(32)34(44)41(29)30-10-11-31(42)38-33(30)43/h1-9,17,19,30H,10-16,20H2,(H,38,42,43). The van der Waals surface area contributed by atoms with Crippen LogP contribution in [0, 0.1) is 17.1 Å². The van der Waals surface area contributed by atoms with Crippen LogP contribution in [0.3, 0.4) is 0 Å². The van der Waals surface area contributed by atoms with Gasteiger partial charge in [-0.25, -0.2) is 4.39 Å². The maximum absolute atomic E-state index is 14.5. The smallest absolute Gasteiger partial charge is 0.259 e. The molecule has 7 rings (SSSR count). The van der Waals surface area contributed by atoms with Crippen molar-refractivity contribution in [1.29, 1.82) is 5.26 Å². The number of rotatable bonds is 6. The van der Waals surface area contributed by atoms with Crippen molar-refractivity contribution in [2.24, 2.45) is 0 Å². The van der Waals surface area contributed by atoms with E-state index in [4.69, 9.17) is 10.2 Å². The summed E-state index contributed by atoms with van der Waals surface area (Å²) in [6.07, 6.45) is 3.03. The molecule has 2 saturated heterocycles. The van der Waals surface area contributed by atoms with E-state index in [1.165, 1.54) is 6.07 Å². The molecule has 10 heteroatoms. The van der Waals surface area contributed by atoms with Gasteiger partial charge in [0, 0.05) is 56.3 Å². The predicted molar refractivity (Wildman–Crippen MR) is 163 cm³/mol.